The van der Waals surface area contributed by atoms with Crippen molar-refractivity contribution in [2.45, 2.75) is 6.54 Å². The van der Waals surface area contributed by atoms with Crippen LogP contribution in [-0.2, 0) is 6.54 Å². The van der Waals surface area contributed by atoms with Gasteiger partial charge in [-0.1, -0.05) is 41.9 Å². The number of hydrogen-bond acceptors (Lipinski definition) is 2. The minimum Gasteiger partial charge on any atom is -0.347 e. The largest absolute Gasteiger partial charge is 0.347 e. The molecule has 1 aromatic heterocycles. The van der Waals surface area contributed by atoms with Crippen LogP contribution in [0.1, 0.15) is 15.2 Å². The maximum atomic E-state index is 12.8. The Morgan fingerprint density at radius 1 is 1.14 bits per heavy atom. The van der Waals surface area contributed by atoms with Crippen molar-refractivity contribution in [3.63, 3.8) is 0 Å². The average molecular weight is 320 g/mol. The molecule has 0 bridgehead atoms. The van der Waals surface area contributed by atoms with Crippen LogP contribution < -0.4 is 5.32 Å². The highest BCUT2D eigenvalue weighted by molar-refractivity contribution is 7.21. The number of fused-ring (bicyclic) bond motifs is 1. The number of hydrogen-bond donors (Lipinski definition) is 1. The van der Waals surface area contributed by atoms with Crippen LogP contribution in [0.15, 0.2) is 48.5 Å². The third kappa shape index (κ3) is 2.91. The first kappa shape index (κ1) is 14.0. The SMILES string of the molecule is O=C(NCc1ccc(F)cc1)c1sc2ccccc2c1Cl. The van der Waals surface area contributed by atoms with Crippen LogP contribution >= 0.6 is 22.9 Å². The van der Waals surface area contributed by atoms with E-state index >= 15 is 0 Å². The summed E-state index contributed by atoms with van der Waals surface area (Å²) in [6.07, 6.45) is 0. The second-order valence-corrected chi connectivity index (χ2v) is 5.98. The van der Waals surface area contributed by atoms with Crippen LogP contribution in [0, 0.1) is 5.82 Å². The molecule has 3 aromatic rings. The number of nitrogens with one attached hydrogen (secondary N) is 1. The second-order valence-electron chi connectivity index (χ2n) is 4.55. The lowest BCUT2D eigenvalue weighted by molar-refractivity contribution is 0.0955. The maximum Gasteiger partial charge on any atom is 0.263 e. The zero-order chi connectivity index (χ0) is 14.8. The molecular weight excluding hydrogens is 309 g/mol. The molecule has 21 heavy (non-hydrogen) atoms. The molecule has 0 radical (unpaired) electrons. The molecule has 0 aliphatic rings. The molecule has 1 heterocycles. The van der Waals surface area contributed by atoms with Crippen molar-refractivity contribution in [2.75, 3.05) is 0 Å². The molecule has 0 saturated carbocycles. The Morgan fingerprint density at radius 2 is 1.86 bits per heavy atom. The minimum atomic E-state index is -0.294. The molecule has 0 unspecified atom stereocenters. The highest BCUT2D eigenvalue weighted by atomic mass is 35.5. The second kappa shape index (κ2) is 5.84. The number of thiophene rings is 1. The summed E-state index contributed by atoms with van der Waals surface area (Å²) in [6, 6.07) is 13.6. The maximum absolute atomic E-state index is 12.8. The lowest BCUT2D eigenvalue weighted by atomic mass is 10.2. The average Bonchev–Trinajstić information content (AvgIpc) is 2.84. The van der Waals surface area contributed by atoms with Gasteiger partial charge in [-0.2, -0.15) is 0 Å². The molecule has 2 nitrogen and oxygen atoms in total. The van der Waals surface area contributed by atoms with E-state index in [9.17, 15) is 9.18 Å². The van der Waals surface area contributed by atoms with Gasteiger partial charge in [-0.05, 0) is 23.8 Å². The quantitative estimate of drug-likeness (QED) is 0.749. The molecule has 0 saturated heterocycles. The van der Waals surface area contributed by atoms with Crippen LogP contribution in [0.4, 0.5) is 4.39 Å². The standard InChI is InChI=1S/C16H11ClFNOS/c17-14-12-3-1-2-4-13(12)21-15(14)16(20)19-9-10-5-7-11(18)8-6-10/h1-8H,9H2,(H,19,20). The third-order valence-corrected chi connectivity index (χ3v) is 4.78. The van der Waals surface area contributed by atoms with E-state index in [4.69, 9.17) is 11.6 Å². The Balaban J connectivity index is 1.78. The van der Waals surface area contributed by atoms with Gasteiger partial charge in [0.05, 0.1) is 5.02 Å². The van der Waals surface area contributed by atoms with E-state index in [-0.39, 0.29) is 11.7 Å². The number of halogens is 2. The number of amides is 1. The monoisotopic (exact) mass is 319 g/mol. The molecule has 106 valence electrons. The molecule has 0 aliphatic heterocycles. The Hall–Kier alpha value is -1.91. The van der Waals surface area contributed by atoms with Crippen molar-refractivity contribution in [3.8, 4) is 0 Å². The van der Waals surface area contributed by atoms with Gasteiger partial charge >= 0.3 is 0 Å². The third-order valence-electron chi connectivity index (χ3n) is 3.11. The Labute approximate surface area is 130 Å². The first-order chi connectivity index (χ1) is 10.1. The number of benzene rings is 2. The molecule has 0 aliphatic carbocycles. The van der Waals surface area contributed by atoms with Gasteiger partial charge in [0.25, 0.3) is 5.91 Å². The van der Waals surface area contributed by atoms with Gasteiger partial charge in [0.15, 0.2) is 0 Å². The predicted molar refractivity (Wildman–Crippen MR) is 84.4 cm³/mol. The summed E-state index contributed by atoms with van der Waals surface area (Å²) in [5.74, 6) is -0.511. The molecule has 2 aromatic carbocycles. The van der Waals surface area contributed by atoms with Crippen LogP contribution in [0.2, 0.25) is 5.02 Å². The lowest BCUT2D eigenvalue weighted by Gasteiger charge is -2.04. The van der Waals surface area contributed by atoms with Crippen molar-refractivity contribution < 1.29 is 9.18 Å². The van der Waals surface area contributed by atoms with Gasteiger partial charge in [-0.3, -0.25) is 4.79 Å². The van der Waals surface area contributed by atoms with Gasteiger partial charge in [-0.25, -0.2) is 4.39 Å². The Morgan fingerprint density at radius 3 is 2.57 bits per heavy atom. The highest BCUT2D eigenvalue weighted by Crippen LogP contribution is 2.34. The number of rotatable bonds is 3. The minimum absolute atomic E-state index is 0.217. The van der Waals surface area contributed by atoms with E-state index < -0.39 is 0 Å². The molecular formula is C16H11ClFNOS. The van der Waals surface area contributed by atoms with Gasteiger partial charge in [0.1, 0.15) is 10.7 Å². The summed E-state index contributed by atoms with van der Waals surface area (Å²) in [6.45, 7) is 0.337. The van der Waals surface area contributed by atoms with Gasteiger partial charge in [0.2, 0.25) is 0 Å². The van der Waals surface area contributed by atoms with E-state index in [1.165, 1.54) is 23.5 Å². The smallest absolute Gasteiger partial charge is 0.263 e. The molecule has 1 amide bonds. The molecule has 0 fully saturated rings. The van der Waals surface area contributed by atoms with Crippen LogP contribution in [-0.4, -0.2) is 5.91 Å². The van der Waals surface area contributed by atoms with Gasteiger partial charge < -0.3 is 5.32 Å². The summed E-state index contributed by atoms with van der Waals surface area (Å²) >= 11 is 7.62. The predicted octanol–water partition coefficient (Wildman–Crippen LogP) is 4.62. The fourth-order valence-corrected chi connectivity index (χ4v) is 3.46. The highest BCUT2D eigenvalue weighted by Gasteiger charge is 2.16. The first-order valence-electron chi connectivity index (χ1n) is 6.35. The molecule has 5 heteroatoms. The summed E-state index contributed by atoms with van der Waals surface area (Å²) in [5.41, 5.74) is 0.835. The molecule has 3 rings (SSSR count). The normalized spacial score (nSPS) is 10.8. The first-order valence-corrected chi connectivity index (χ1v) is 7.54. The fraction of sp³-hybridized carbons (Fsp3) is 0.0625. The summed E-state index contributed by atoms with van der Waals surface area (Å²) in [5, 5.41) is 4.17. The zero-order valence-corrected chi connectivity index (χ0v) is 12.5. The van der Waals surface area contributed by atoms with Crippen LogP contribution in [0.25, 0.3) is 10.1 Å². The number of carbonyl (C=O) groups excluding carboxylic acids is 1. The van der Waals surface area contributed by atoms with Crippen molar-refractivity contribution in [3.05, 3.63) is 69.8 Å². The van der Waals surface area contributed by atoms with Gasteiger partial charge in [-0.15, -0.1) is 11.3 Å². The van der Waals surface area contributed by atoms with Crippen LogP contribution in [0.3, 0.4) is 0 Å². The lowest BCUT2D eigenvalue weighted by Crippen LogP contribution is -2.22. The Bertz CT molecular complexity index is 798. The number of carbonyl (C=O) groups is 1. The summed E-state index contributed by atoms with van der Waals surface area (Å²) < 4.78 is 13.8. The van der Waals surface area contributed by atoms with Gasteiger partial charge in [0, 0.05) is 16.6 Å². The van der Waals surface area contributed by atoms with E-state index in [0.29, 0.717) is 16.4 Å². The van der Waals surface area contributed by atoms with Crippen molar-refractivity contribution in [1.29, 1.82) is 0 Å². The van der Waals surface area contributed by atoms with E-state index in [1.807, 2.05) is 24.3 Å². The fourth-order valence-electron chi connectivity index (χ4n) is 2.02. The molecule has 1 N–H and O–H groups in total. The molecule has 0 spiro atoms. The Kier molecular flexibility index (Phi) is 3.90. The van der Waals surface area contributed by atoms with Crippen LogP contribution in [0.5, 0.6) is 0 Å². The van der Waals surface area contributed by atoms with Crippen molar-refractivity contribution in [1.82, 2.24) is 5.32 Å². The molecule has 0 atom stereocenters. The van der Waals surface area contributed by atoms with Crippen molar-refractivity contribution in [2.24, 2.45) is 0 Å². The van der Waals surface area contributed by atoms with E-state index in [1.54, 1.807) is 12.1 Å². The zero-order valence-electron chi connectivity index (χ0n) is 10.9. The van der Waals surface area contributed by atoms with E-state index in [2.05, 4.69) is 5.32 Å². The summed E-state index contributed by atoms with van der Waals surface area (Å²) in [7, 11) is 0. The van der Waals surface area contributed by atoms with E-state index in [0.717, 1.165) is 15.6 Å². The van der Waals surface area contributed by atoms with Crippen molar-refractivity contribution >= 4 is 38.9 Å². The summed E-state index contributed by atoms with van der Waals surface area (Å²) in [4.78, 5) is 12.7. The topological polar surface area (TPSA) is 29.1 Å².